The molecule has 5 rings (SSSR count). The van der Waals surface area contributed by atoms with Crippen LogP contribution in [-0.2, 0) is 22.6 Å². The van der Waals surface area contributed by atoms with Gasteiger partial charge in [-0.1, -0.05) is 60.7 Å². The molecule has 1 aromatic heterocycles. The number of carbonyl (C=O) groups excluding carboxylic acids is 1. The summed E-state index contributed by atoms with van der Waals surface area (Å²) in [7, 11) is 0. The number of carbonyl (C=O) groups is 1. The predicted molar refractivity (Wildman–Crippen MR) is 134 cm³/mol. The van der Waals surface area contributed by atoms with Crippen LogP contribution in [0, 0.1) is 0 Å². The van der Waals surface area contributed by atoms with Gasteiger partial charge in [-0.2, -0.15) is 0 Å². The summed E-state index contributed by atoms with van der Waals surface area (Å²) < 4.78 is 11.3. The molecule has 0 spiro atoms. The van der Waals surface area contributed by atoms with Gasteiger partial charge in [-0.15, -0.1) is 9.89 Å². The number of nitrogens with zero attached hydrogens (tertiary/aromatic N) is 3. The Hall–Kier alpha value is -4.17. The van der Waals surface area contributed by atoms with Crippen LogP contribution in [0.1, 0.15) is 11.1 Å². The number of ether oxygens (including phenoxy) is 2. The molecule has 0 unspecified atom stereocenters. The Kier molecular flexibility index (Phi) is 6.72. The van der Waals surface area contributed by atoms with E-state index in [9.17, 15) is 9.59 Å². The number of amides is 1. The van der Waals surface area contributed by atoms with Gasteiger partial charge in [0.05, 0.1) is 25.0 Å². The highest BCUT2D eigenvalue weighted by Crippen LogP contribution is 2.22. The van der Waals surface area contributed by atoms with E-state index in [0.29, 0.717) is 44.1 Å². The fourth-order valence-corrected chi connectivity index (χ4v) is 4.04. The summed E-state index contributed by atoms with van der Waals surface area (Å²) in [6.07, 6.45) is 0.104. The van der Waals surface area contributed by atoms with Crippen LogP contribution in [-0.4, -0.2) is 42.1 Å². The van der Waals surface area contributed by atoms with Crippen LogP contribution < -0.4 is 20.6 Å². The molecule has 0 atom stereocenters. The van der Waals surface area contributed by atoms with Gasteiger partial charge >= 0.3 is 0 Å². The number of morpholine rings is 1. The molecule has 3 aromatic carbocycles. The van der Waals surface area contributed by atoms with Gasteiger partial charge in [0.15, 0.2) is 5.82 Å². The number of hydrogen-bond donors (Lipinski definition) is 1. The van der Waals surface area contributed by atoms with Gasteiger partial charge in [-0.3, -0.25) is 9.59 Å². The van der Waals surface area contributed by atoms with Crippen LogP contribution >= 0.6 is 0 Å². The number of anilines is 1. The molecule has 178 valence electrons. The second kappa shape index (κ2) is 10.4. The predicted octanol–water partition coefficient (Wildman–Crippen LogP) is 3.12. The molecule has 1 amide bonds. The maximum Gasteiger partial charge on any atom is 0.294 e. The van der Waals surface area contributed by atoms with E-state index in [0.717, 1.165) is 27.1 Å². The minimum Gasteiger partial charge on any atom is -0.489 e. The summed E-state index contributed by atoms with van der Waals surface area (Å²) in [5.41, 5.74) is 4.18. The zero-order chi connectivity index (χ0) is 24.0. The molecule has 1 aliphatic rings. The zero-order valence-electron chi connectivity index (χ0n) is 19.2. The first kappa shape index (κ1) is 22.6. The number of hydrogen-bond acceptors (Lipinski definition) is 6. The van der Waals surface area contributed by atoms with Crippen molar-refractivity contribution in [3.63, 3.8) is 0 Å². The van der Waals surface area contributed by atoms with Crippen molar-refractivity contribution in [2.45, 2.75) is 13.0 Å². The van der Waals surface area contributed by atoms with Crippen molar-refractivity contribution < 1.29 is 14.3 Å². The van der Waals surface area contributed by atoms with Crippen molar-refractivity contribution in [1.82, 2.24) is 9.89 Å². The Balaban J connectivity index is 1.29. The fourth-order valence-electron chi connectivity index (χ4n) is 4.04. The van der Waals surface area contributed by atoms with Crippen molar-refractivity contribution in [2.75, 3.05) is 36.6 Å². The van der Waals surface area contributed by atoms with E-state index in [1.807, 2.05) is 66.7 Å². The van der Waals surface area contributed by atoms with E-state index in [2.05, 4.69) is 15.4 Å². The number of fused-ring (bicyclic) bond motifs is 1. The summed E-state index contributed by atoms with van der Waals surface area (Å²) in [6.45, 7) is 2.99. The lowest BCUT2D eigenvalue weighted by Crippen LogP contribution is -2.41. The highest BCUT2D eigenvalue weighted by atomic mass is 16.5. The SMILES string of the molecule is O=C(Cc1ccc(OCc2ccccc2)cc1)Nn1nc(N2CCOCC2)c2ccccc2c1=O. The molecule has 2 heterocycles. The van der Waals surface area contributed by atoms with Gasteiger partial charge < -0.3 is 14.4 Å². The second-order valence-corrected chi connectivity index (χ2v) is 8.32. The molecule has 35 heavy (non-hydrogen) atoms. The van der Waals surface area contributed by atoms with E-state index < -0.39 is 0 Å². The molecule has 1 aliphatic heterocycles. The fraction of sp³-hybridized carbons (Fsp3) is 0.222. The largest absolute Gasteiger partial charge is 0.489 e. The number of benzene rings is 3. The first-order valence-corrected chi connectivity index (χ1v) is 11.6. The normalized spacial score (nSPS) is 13.5. The highest BCUT2D eigenvalue weighted by molar-refractivity contribution is 5.92. The molecule has 0 aliphatic carbocycles. The molecular formula is C27H26N4O4. The molecule has 0 radical (unpaired) electrons. The molecule has 8 nitrogen and oxygen atoms in total. The van der Waals surface area contributed by atoms with E-state index in [4.69, 9.17) is 9.47 Å². The van der Waals surface area contributed by atoms with Crippen molar-refractivity contribution in [2.24, 2.45) is 0 Å². The van der Waals surface area contributed by atoms with Gasteiger partial charge in [-0.05, 0) is 29.3 Å². The summed E-state index contributed by atoms with van der Waals surface area (Å²) in [4.78, 5) is 28.9. The van der Waals surface area contributed by atoms with E-state index in [-0.39, 0.29) is 17.9 Å². The van der Waals surface area contributed by atoms with Gasteiger partial charge in [0, 0.05) is 18.5 Å². The third-order valence-electron chi connectivity index (χ3n) is 5.86. The second-order valence-electron chi connectivity index (χ2n) is 8.32. The summed E-state index contributed by atoms with van der Waals surface area (Å²) in [5, 5.41) is 5.76. The van der Waals surface area contributed by atoms with Crippen molar-refractivity contribution in [1.29, 1.82) is 0 Å². The molecule has 0 bridgehead atoms. The minimum absolute atomic E-state index is 0.104. The van der Waals surface area contributed by atoms with Gasteiger partial charge in [0.25, 0.3) is 5.56 Å². The Morgan fingerprint density at radius 1 is 0.886 bits per heavy atom. The number of aromatic nitrogens is 2. The smallest absolute Gasteiger partial charge is 0.294 e. The third-order valence-corrected chi connectivity index (χ3v) is 5.86. The zero-order valence-corrected chi connectivity index (χ0v) is 19.2. The lowest BCUT2D eigenvalue weighted by Gasteiger charge is -2.29. The Bertz CT molecular complexity index is 1360. The van der Waals surface area contributed by atoms with Crippen LogP contribution in [0.4, 0.5) is 5.82 Å². The maximum atomic E-state index is 13.0. The lowest BCUT2D eigenvalue weighted by molar-refractivity contribution is -0.116. The van der Waals surface area contributed by atoms with Crippen LogP contribution in [0.25, 0.3) is 10.8 Å². The topological polar surface area (TPSA) is 85.7 Å². The van der Waals surface area contributed by atoms with E-state index in [1.54, 1.807) is 12.1 Å². The monoisotopic (exact) mass is 470 g/mol. The number of nitrogens with one attached hydrogen (secondary N) is 1. The number of rotatable bonds is 7. The van der Waals surface area contributed by atoms with E-state index in [1.165, 1.54) is 0 Å². The average molecular weight is 471 g/mol. The Morgan fingerprint density at radius 2 is 1.57 bits per heavy atom. The minimum atomic E-state index is -0.365. The molecule has 8 heteroatoms. The van der Waals surface area contributed by atoms with Gasteiger partial charge in [0.1, 0.15) is 12.4 Å². The van der Waals surface area contributed by atoms with Crippen molar-refractivity contribution in [3.8, 4) is 5.75 Å². The molecule has 0 saturated carbocycles. The summed E-state index contributed by atoms with van der Waals surface area (Å²) in [5.74, 6) is 1.05. The quantitative estimate of drug-likeness (QED) is 0.447. The highest BCUT2D eigenvalue weighted by Gasteiger charge is 2.19. The Morgan fingerprint density at radius 3 is 2.31 bits per heavy atom. The van der Waals surface area contributed by atoms with Crippen LogP contribution in [0.3, 0.4) is 0 Å². The van der Waals surface area contributed by atoms with Gasteiger partial charge in [-0.25, -0.2) is 5.43 Å². The van der Waals surface area contributed by atoms with Crippen LogP contribution in [0.2, 0.25) is 0 Å². The van der Waals surface area contributed by atoms with Crippen LogP contribution in [0.5, 0.6) is 5.75 Å². The third kappa shape index (κ3) is 5.33. The van der Waals surface area contributed by atoms with Crippen molar-refractivity contribution >= 4 is 22.5 Å². The average Bonchev–Trinajstić information content (AvgIpc) is 2.91. The molecular weight excluding hydrogens is 444 g/mol. The first-order valence-electron chi connectivity index (χ1n) is 11.6. The molecule has 1 fully saturated rings. The first-order chi connectivity index (χ1) is 17.2. The standard InChI is InChI=1S/C27H26N4O4/c32-25(18-20-10-12-22(13-11-20)35-19-21-6-2-1-3-7-21)28-31-27(33)24-9-5-4-8-23(24)26(29-31)30-14-16-34-17-15-30/h1-13H,14-19H2,(H,28,32). The lowest BCUT2D eigenvalue weighted by atomic mass is 10.1. The van der Waals surface area contributed by atoms with Crippen LogP contribution in [0.15, 0.2) is 83.7 Å². The maximum absolute atomic E-state index is 13.0. The summed E-state index contributed by atoms with van der Waals surface area (Å²) in [6, 6.07) is 24.6. The molecule has 1 N–H and O–H groups in total. The van der Waals surface area contributed by atoms with Crippen molar-refractivity contribution in [3.05, 3.63) is 100 Å². The molecule has 1 saturated heterocycles. The van der Waals surface area contributed by atoms with Gasteiger partial charge in [0.2, 0.25) is 5.91 Å². The van der Waals surface area contributed by atoms with E-state index >= 15 is 0 Å². The summed E-state index contributed by atoms with van der Waals surface area (Å²) >= 11 is 0. The molecule has 4 aromatic rings. The Labute approximate surface area is 202 Å².